The van der Waals surface area contributed by atoms with Crippen molar-refractivity contribution in [3.05, 3.63) is 48.0 Å². The highest BCUT2D eigenvalue weighted by Crippen LogP contribution is 2.04. The van der Waals surface area contributed by atoms with E-state index in [1.165, 1.54) is 0 Å². The quantitative estimate of drug-likeness (QED) is 0.511. The largest absolute Gasteiger partial charge is 0.478 e. The van der Waals surface area contributed by atoms with Crippen LogP contribution in [0.1, 0.15) is 28.8 Å². The normalized spacial score (nSPS) is 10.1. The van der Waals surface area contributed by atoms with Crippen LogP contribution >= 0.6 is 0 Å². The third-order valence-electron chi connectivity index (χ3n) is 2.86. The molecule has 1 aromatic rings. The molecule has 114 valence electrons. The smallest absolute Gasteiger partial charge is 0.335 e. The SMILES string of the molecule is C=CCOCCCC(=O)NCCc1ccc(C(=O)O)cc1. The molecule has 0 atom stereocenters. The van der Waals surface area contributed by atoms with Gasteiger partial charge in [0.1, 0.15) is 0 Å². The summed E-state index contributed by atoms with van der Waals surface area (Å²) < 4.78 is 5.19. The molecule has 1 rings (SSSR count). The Morgan fingerprint density at radius 3 is 2.62 bits per heavy atom. The lowest BCUT2D eigenvalue weighted by molar-refractivity contribution is -0.121. The Hall–Kier alpha value is -2.14. The Labute approximate surface area is 124 Å². The zero-order valence-electron chi connectivity index (χ0n) is 12.0. The third-order valence-corrected chi connectivity index (χ3v) is 2.86. The summed E-state index contributed by atoms with van der Waals surface area (Å²) in [7, 11) is 0. The van der Waals surface area contributed by atoms with Crippen molar-refractivity contribution in [2.45, 2.75) is 19.3 Å². The van der Waals surface area contributed by atoms with Gasteiger partial charge in [-0.15, -0.1) is 6.58 Å². The van der Waals surface area contributed by atoms with E-state index in [4.69, 9.17) is 9.84 Å². The van der Waals surface area contributed by atoms with Crippen molar-refractivity contribution in [1.29, 1.82) is 0 Å². The molecule has 0 bridgehead atoms. The maximum absolute atomic E-state index is 11.5. The van der Waals surface area contributed by atoms with Crippen molar-refractivity contribution >= 4 is 11.9 Å². The molecule has 0 spiro atoms. The first kappa shape index (κ1) is 16.9. The van der Waals surface area contributed by atoms with Gasteiger partial charge in [0, 0.05) is 19.6 Å². The molecule has 0 saturated carbocycles. The highest BCUT2D eigenvalue weighted by Gasteiger charge is 2.03. The lowest BCUT2D eigenvalue weighted by atomic mass is 10.1. The van der Waals surface area contributed by atoms with E-state index in [0.717, 1.165) is 5.56 Å². The number of aromatic carboxylic acids is 1. The van der Waals surface area contributed by atoms with E-state index < -0.39 is 5.97 Å². The van der Waals surface area contributed by atoms with Gasteiger partial charge in [0.2, 0.25) is 5.91 Å². The molecule has 2 N–H and O–H groups in total. The molecule has 0 radical (unpaired) electrons. The number of carbonyl (C=O) groups excluding carboxylic acids is 1. The van der Waals surface area contributed by atoms with E-state index in [-0.39, 0.29) is 11.5 Å². The molecular formula is C16H21NO4. The van der Waals surface area contributed by atoms with Gasteiger partial charge in [-0.05, 0) is 30.5 Å². The minimum Gasteiger partial charge on any atom is -0.478 e. The Kier molecular flexibility index (Phi) is 7.82. The molecule has 0 aliphatic carbocycles. The number of carboxylic acids is 1. The number of carboxylic acid groups (broad SMARTS) is 1. The average molecular weight is 291 g/mol. The summed E-state index contributed by atoms with van der Waals surface area (Å²) >= 11 is 0. The first-order valence-corrected chi connectivity index (χ1v) is 6.91. The van der Waals surface area contributed by atoms with Crippen molar-refractivity contribution in [1.82, 2.24) is 5.32 Å². The van der Waals surface area contributed by atoms with Crippen LogP contribution in [0.15, 0.2) is 36.9 Å². The lowest BCUT2D eigenvalue weighted by Crippen LogP contribution is -2.25. The van der Waals surface area contributed by atoms with Crippen LogP contribution in [0.2, 0.25) is 0 Å². The van der Waals surface area contributed by atoms with E-state index in [0.29, 0.717) is 39.0 Å². The molecule has 5 nitrogen and oxygen atoms in total. The van der Waals surface area contributed by atoms with Crippen LogP contribution in [0.3, 0.4) is 0 Å². The molecule has 0 fully saturated rings. The second-order valence-corrected chi connectivity index (χ2v) is 4.57. The topological polar surface area (TPSA) is 75.6 Å². The standard InChI is InChI=1S/C16H21NO4/c1-2-11-21-12-3-4-15(18)17-10-9-13-5-7-14(8-6-13)16(19)20/h2,5-8H,1,3-4,9-12H2,(H,17,18)(H,19,20). The van der Waals surface area contributed by atoms with Crippen LogP contribution in [-0.4, -0.2) is 36.7 Å². The Morgan fingerprint density at radius 1 is 1.29 bits per heavy atom. The first-order valence-electron chi connectivity index (χ1n) is 6.91. The second-order valence-electron chi connectivity index (χ2n) is 4.57. The highest BCUT2D eigenvalue weighted by atomic mass is 16.5. The molecule has 0 aromatic heterocycles. The van der Waals surface area contributed by atoms with Crippen LogP contribution < -0.4 is 5.32 Å². The molecule has 0 heterocycles. The fraction of sp³-hybridized carbons (Fsp3) is 0.375. The number of amides is 1. The number of carbonyl (C=O) groups is 2. The summed E-state index contributed by atoms with van der Waals surface area (Å²) in [6.45, 7) is 5.14. The fourth-order valence-electron chi connectivity index (χ4n) is 1.75. The molecular weight excluding hydrogens is 270 g/mol. The summed E-state index contributed by atoms with van der Waals surface area (Å²) in [5.74, 6) is -0.937. The van der Waals surface area contributed by atoms with Crippen molar-refractivity contribution in [2.75, 3.05) is 19.8 Å². The number of benzene rings is 1. The van der Waals surface area contributed by atoms with E-state index >= 15 is 0 Å². The Bertz CT molecular complexity index is 468. The number of hydrogen-bond donors (Lipinski definition) is 2. The van der Waals surface area contributed by atoms with Crippen LogP contribution in [-0.2, 0) is 16.0 Å². The van der Waals surface area contributed by atoms with Crippen molar-refractivity contribution < 1.29 is 19.4 Å². The van der Waals surface area contributed by atoms with Crippen molar-refractivity contribution in [2.24, 2.45) is 0 Å². The molecule has 0 saturated heterocycles. The maximum Gasteiger partial charge on any atom is 0.335 e. The molecule has 1 aromatic carbocycles. The van der Waals surface area contributed by atoms with E-state index in [2.05, 4.69) is 11.9 Å². The predicted octanol–water partition coefficient (Wildman–Crippen LogP) is 2.03. The summed E-state index contributed by atoms with van der Waals surface area (Å²) in [5.41, 5.74) is 1.26. The van der Waals surface area contributed by atoms with E-state index in [1.54, 1.807) is 30.3 Å². The van der Waals surface area contributed by atoms with E-state index in [1.807, 2.05) is 0 Å². The highest BCUT2D eigenvalue weighted by molar-refractivity contribution is 5.87. The molecule has 0 unspecified atom stereocenters. The number of hydrogen-bond acceptors (Lipinski definition) is 3. The fourth-order valence-corrected chi connectivity index (χ4v) is 1.75. The van der Waals surface area contributed by atoms with Crippen LogP contribution in [0.4, 0.5) is 0 Å². The Balaban J connectivity index is 2.16. The van der Waals surface area contributed by atoms with Crippen molar-refractivity contribution in [3.63, 3.8) is 0 Å². The molecule has 0 aliphatic rings. The zero-order chi connectivity index (χ0) is 15.5. The van der Waals surface area contributed by atoms with Gasteiger partial charge in [-0.25, -0.2) is 4.79 Å². The average Bonchev–Trinajstić information content (AvgIpc) is 2.47. The molecule has 0 aliphatic heterocycles. The van der Waals surface area contributed by atoms with Gasteiger partial charge in [-0.2, -0.15) is 0 Å². The minimum absolute atomic E-state index is 0.000593. The molecule has 1 amide bonds. The third kappa shape index (κ3) is 7.27. The maximum atomic E-state index is 11.5. The predicted molar refractivity (Wildman–Crippen MR) is 80.4 cm³/mol. The number of ether oxygens (including phenoxy) is 1. The summed E-state index contributed by atoms with van der Waals surface area (Å²) in [4.78, 5) is 22.3. The zero-order valence-corrected chi connectivity index (χ0v) is 12.0. The van der Waals surface area contributed by atoms with Crippen LogP contribution in [0.5, 0.6) is 0 Å². The van der Waals surface area contributed by atoms with Crippen molar-refractivity contribution in [3.8, 4) is 0 Å². The van der Waals surface area contributed by atoms with E-state index in [9.17, 15) is 9.59 Å². The number of nitrogens with one attached hydrogen (secondary N) is 1. The molecule has 5 heteroatoms. The van der Waals surface area contributed by atoms with Gasteiger partial charge >= 0.3 is 5.97 Å². The van der Waals surface area contributed by atoms with Gasteiger partial charge in [0.25, 0.3) is 0 Å². The first-order chi connectivity index (χ1) is 10.1. The summed E-state index contributed by atoms with van der Waals surface area (Å²) in [6, 6.07) is 6.66. The second kappa shape index (κ2) is 9.72. The summed E-state index contributed by atoms with van der Waals surface area (Å²) in [5, 5.41) is 11.6. The van der Waals surface area contributed by atoms with Crippen LogP contribution in [0.25, 0.3) is 0 Å². The van der Waals surface area contributed by atoms with Gasteiger partial charge in [0.15, 0.2) is 0 Å². The van der Waals surface area contributed by atoms with Gasteiger partial charge in [-0.1, -0.05) is 18.2 Å². The number of rotatable bonds is 10. The van der Waals surface area contributed by atoms with Crippen LogP contribution in [0, 0.1) is 0 Å². The lowest BCUT2D eigenvalue weighted by Gasteiger charge is -2.06. The molecule has 21 heavy (non-hydrogen) atoms. The van der Waals surface area contributed by atoms with Gasteiger partial charge in [0.05, 0.1) is 12.2 Å². The Morgan fingerprint density at radius 2 is 2.00 bits per heavy atom. The van der Waals surface area contributed by atoms with Gasteiger partial charge in [-0.3, -0.25) is 4.79 Å². The van der Waals surface area contributed by atoms with Gasteiger partial charge < -0.3 is 15.2 Å². The monoisotopic (exact) mass is 291 g/mol. The minimum atomic E-state index is -0.937. The summed E-state index contributed by atoms with van der Waals surface area (Å²) in [6.07, 6.45) is 3.48.